The highest BCUT2D eigenvalue weighted by Gasteiger charge is 2.27. The molecule has 4 heteroatoms. The van der Waals surface area contributed by atoms with E-state index in [2.05, 4.69) is 89.9 Å². The lowest BCUT2D eigenvalue weighted by atomic mass is 10.0. The molecule has 1 N–H and O–H groups in total. The minimum atomic E-state index is 0.103. The van der Waals surface area contributed by atoms with Crippen LogP contribution in [0.5, 0.6) is 0 Å². The number of aryl methyl sites for hydroxylation is 1. The number of hydrogen-bond acceptors (Lipinski definition) is 3. The summed E-state index contributed by atoms with van der Waals surface area (Å²) in [5.41, 5.74) is 6.26. The zero-order valence-electron chi connectivity index (χ0n) is 18.4. The van der Waals surface area contributed by atoms with Gasteiger partial charge in [0.25, 0.3) is 0 Å². The molecule has 160 valence electrons. The molecule has 0 saturated heterocycles. The average Bonchev–Trinajstić information content (AvgIpc) is 3.23. The van der Waals surface area contributed by atoms with E-state index in [0.717, 1.165) is 19.4 Å². The van der Waals surface area contributed by atoms with Crippen molar-refractivity contribution in [2.45, 2.75) is 25.3 Å². The second-order valence-electron chi connectivity index (χ2n) is 8.36. The fourth-order valence-corrected chi connectivity index (χ4v) is 4.29. The van der Waals surface area contributed by atoms with Gasteiger partial charge in [0.1, 0.15) is 0 Å². The molecule has 0 fully saturated rings. The molecule has 0 aliphatic carbocycles. The van der Waals surface area contributed by atoms with E-state index < -0.39 is 0 Å². The Balaban J connectivity index is 1.48. The molecule has 0 saturated carbocycles. The van der Waals surface area contributed by atoms with Crippen LogP contribution >= 0.6 is 0 Å². The average molecular weight is 414 g/mol. The molecule has 3 aromatic carbocycles. The molecule has 1 amide bonds. The maximum Gasteiger partial charge on any atom is 0.220 e. The number of para-hydroxylation sites is 1. The molecule has 1 aliphatic rings. The molecule has 0 bridgehead atoms. The van der Waals surface area contributed by atoms with Crippen molar-refractivity contribution in [3.05, 3.63) is 95.6 Å². The molecular formula is C27H31N3O. The van der Waals surface area contributed by atoms with Crippen molar-refractivity contribution < 1.29 is 4.79 Å². The smallest absolute Gasteiger partial charge is 0.220 e. The van der Waals surface area contributed by atoms with Crippen LogP contribution in [0.3, 0.4) is 0 Å². The number of nitrogens with zero attached hydrogens (tertiary/aromatic N) is 2. The van der Waals surface area contributed by atoms with Gasteiger partial charge in [0.15, 0.2) is 0 Å². The van der Waals surface area contributed by atoms with Crippen LogP contribution in [0.2, 0.25) is 0 Å². The minimum Gasteiger partial charge on any atom is -0.378 e. The summed E-state index contributed by atoms with van der Waals surface area (Å²) in [6.07, 6.45) is 2.32. The molecule has 1 heterocycles. The highest BCUT2D eigenvalue weighted by molar-refractivity contribution is 5.76. The molecule has 4 rings (SSSR count). The summed E-state index contributed by atoms with van der Waals surface area (Å²) >= 11 is 0. The van der Waals surface area contributed by atoms with Crippen LogP contribution in [0.1, 0.15) is 29.2 Å². The lowest BCUT2D eigenvalue weighted by molar-refractivity contribution is -0.121. The first kappa shape index (κ1) is 21.0. The number of hydrogen-bond donors (Lipinski definition) is 1. The molecule has 31 heavy (non-hydrogen) atoms. The summed E-state index contributed by atoms with van der Waals surface area (Å²) in [7, 11) is 4.10. The van der Waals surface area contributed by atoms with E-state index in [1.807, 2.05) is 18.2 Å². The topological polar surface area (TPSA) is 35.6 Å². The van der Waals surface area contributed by atoms with Crippen molar-refractivity contribution in [3.8, 4) is 0 Å². The molecule has 0 spiro atoms. The van der Waals surface area contributed by atoms with Crippen LogP contribution in [0.15, 0.2) is 78.9 Å². The van der Waals surface area contributed by atoms with E-state index >= 15 is 0 Å². The van der Waals surface area contributed by atoms with Gasteiger partial charge >= 0.3 is 0 Å². The summed E-state index contributed by atoms with van der Waals surface area (Å²) < 4.78 is 0. The second-order valence-corrected chi connectivity index (χ2v) is 8.36. The number of carbonyl (C=O) groups excluding carboxylic acids is 1. The van der Waals surface area contributed by atoms with Crippen molar-refractivity contribution in [3.63, 3.8) is 0 Å². The summed E-state index contributed by atoms with van der Waals surface area (Å²) in [6.45, 7) is 1.57. The first-order valence-electron chi connectivity index (χ1n) is 11.0. The molecule has 4 nitrogen and oxygen atoms in total. The Hall–Kier alpha value is -3.27. The summed E-state index contributed by atoms with van der Waals surface area (Å²) in [6, 6.07) is 27.6. The third-order valence-electron chi connectivity index (χ3n) is 6.07. The molecule has 0 radical (unpaired) electrons. The molecular weight excluding hydrogens is 382 g/mol. The van der Waals surface area contributed by atoms with Crippen LogP contribution in [0.25, 0.3) is 0 Å². The number of amides is 1. The summed E-state index contributed by atoms with van der Waals surface area (Å²) in [5, 5.41) is 3.21. The van der Waals surface area contributed by atoms with Crippen LogP contribution in [-0.4, -0.2) is 33.1 Å². The van der Waals surface area contributed by atoms with Crippen molar-refractivity contribution in [2.75, 3.05) is 37.0 Å². The van der Waals surface area contributed by atoms with Crippen molar-refractivity contribution in [1.82, 2.24) is 5.32 Å². The van der Waals surface area contributed by atoms with Crippen LogP contribution in [-0.2, 0) is 17.6 Å². The monoisotopic (exact) mass is 413 g/mol. The number of rotatable bonds is 8. The normalized spacial score (nSPS) is 13.5. The van der Waals surface area contributed by atoms with E-state index in [1.54, 1.807) is 0 Å². The van der Waals surface area contributed by atoms with Gasteiger partial charge in [0.2, 0.25) is 5.91 Å². The lowest BCUT2D eigenvalue weighted by Crippen LogP contribution is -2.37. The largest absolute Gasteiger partial charge is 0.378 e. The molecule has 1 atom stereocenters. The van der Waals surface area contributed by atoms with Gasteiger partial charge in [0, 0.05) is 45.0 Å². The van der Waals surface area contributed by atoms with E-state index in [-0.39, 0.29) is 11.9 Å². The Morgan fingerprint density at radius 1 is 0.968 bits per heavy atom. The fourth-order valence-electron chi connectivity index (χ4n) is 4.29. The summed E-state index contributed by atoms with van der Waals surface area (Å²) in [4.78, 5) is 17.2. The molecule has 3 aromatic rings. The van der Waals surface area contributed by atoms with E-state index in [1.165, 1.54) is 28.1 Å². The highest BCUT2D eigenvalue weighted by Crippen LogP contribution is 2.35. The zero-order valence-corrected chi connectivity index (χ0v) is 18.4. The van der Waals surface area contributed by atoms with E-state index in [4.69, 9.17) is 0 Å². The standard InChI is InChI=1S/C27H31N3O/c1-29(2)24-15-13-23(14-16-24)26(30-19-18-22-10-6-7-11-25(22)30)20-28-27(31)17-12-21-8-4-3-5-9-21/h3-11,13-16,26H,12,17-20H2,1-2H3,(H,28,31). The molecule has 0 aromatic heterocycles. The zero-order chi connectivity index (χ0) is 21.6. The predicted octanol–water partition coefficient (Wildman–Crippen LogP) is 4.61. The number of anilines is 2. The van der Waals surface area contributed by atoms with Gasteiger partial charge in [-0.3, -0.25) is 4.79 Å². The minimum absolute atomic E-state index is 0.103. The quantitative estimate of drug-likeness (QED) is 0.586. The van der Waals surface area contributed by atoms with Gasteiger partial charge < -0.3 is 15.1 Å². The van der Waals surface area contributed by atoms with Gasteiger partial charge in [-0.1, -0.05) is 60.7 Å². The third-order valence-corrected chi connectivity index (χ3v) is 6.07. The van der Waals surface area contributed by atoms with Crippen molar-refractivity contribution >= 4 is 17.3 Å². The third kappa shape index (κ3) is 5.08. The molecule has 1 aliphatic heterocycles. The van der Waals surface area contributed by atoms with E-state index in [0.29, 0.717) is 13.0 Å². The Morgan fingerprint density at radius 2 is 1.68 bits per heavy atom. The number of nitrogens with one attached hydrogen (secondary N) is 1. The Morgan fingerprint density at radius 3 is 2.42 bits per heavy atom. The second kappa shape index (κ2) is 9.69. The SMILES string of the molecule is CN(C)c1ccc(C(CNC(=O)CCc2ccccc2)N2CCc3ccccc32)cc1. The van der Waals surface area contributed by atoms with Crippen LogP contribution in [0.4, 0.5) is 11.4 Å². The van der Waals surface area contributed by atoms with Gasteiger partial charge in [-0.15, -0.1) is 0 Å². The maximum atomic E-state index is 12.6. The predicted molar refractivity (Wildman–Crippen MR) is 129 cm³/mol. The first-order valence-corrected chi connectivity index (χ1v) is 11.0. The Labute approximate surface area is 185 Å². The first-order chi connectivity index (χ1) is 15.1. The lowest BCUT2D eigenvalue weighted by Gasteiger charge is -2.31. The van der Waals surface area contributed by atoms with Gasteiger partial charge in [0.05, 0.1) is 6.04 Å². The van der Waals surface area contributed by atoms with Crippen LogP contribution < -0.4 is 15.1 Å². The fraction of sp³-hybridized carbons (Fsp3) is 0.296. The Kier molecular flexibility index (Phi) is 6.56. The van der Waals surface area contributed by atoms with Gasteiger partial charge in [-0.25, -0.2) is 0 Å². The number of fused-ring (bicyclic) bond motifs is 1. The summed E-state index contributed by atoms with van der Waals surface area (Å²) in [5.74, 6) is 0.103. The van der Waals surface area contributed by atoms with Crippen molar-refractivity contribution in [2.24, 2.45) is 0 Å². The van der Waals surface area contributed by atoms with Gasteiger partial charge in [-0.05, 0) is 47.7 Å². The van der Waals surface area contributed by atoms with Gasteiger partial charge in [-0.2, -0.15) is 0 Å². The van der Waals surface area contributed by atoms with E-state index in [9.17, 15) is 4.79 Å². The molecule has 1 unspecified atom stereocenters. The van der Waals surface area contributed by atoms with Crippen LogP contribution in [0, 0.1) is 0 Å². The van der Waals surface area contributed by atoms with Crippen molar-refractivity contribution in [1.29, 1.82) is 0 Å². The number of carbonyl (C=O) groups is 1. The highest BCUT2D eigenvalue weighted by atomic mass is 16.1. The number of benzene rings is 3. The maximum absolute atomic E-state index is 12.6. The Bertz CT molecular complexity index is 999.